The Morgan fingerprint density at radius 1 is 1.04 bits per heavy atom. The summed E-state index contributed by atoms with van der Waals surface area (Å²) in [5, 5.41) is 13.4. The van der Waals surface area contributed by atoms with Crippen LogP contribution in [0.4, 0.5) is 0 Å². The summed E-state index contributed by atoms with van der Waals surface area (Å²) in [5.41, 5.74) is 1.34. The highest BCUT2D eigenvalue weighted by atomic mass is 32.1. The van der Waals surface area contributed by atoms with Crippen LogP contribution in [-0.2, 0) is 6.54 Å². The number of thiophene rings is 1. The van der Waals surface area contributed by atoms with Crippen molar-refractivity contribution >= 4 is 17.2 Å². The van der Waals surface area contributed by atoms with E-state index in [1.54, 1.807) is 25.3 Å². The van der Waals surface area contributed by atoms with E-state index >= 15 is 0 Å². The number of carbonyl (C=O) groups is 1. The zero-order valence-electron chi connectivity index (χ0n) is 15.1. The summed E-state index contributed by atoms with van der Waals surface area (Å²) >= 11 is 1.48. The number of hydrogen-bond acceptors (Lipinski definition) is 5. The van der Waals surface area contributed by atoms with Crippen molar-refractivity contribution in [3.8, 4) is 11.5 Å². The van der Waals surface area contributed by atoms with Gasteiger partial charge in [-0.3, -0.25) is 4.79 Å². The van der Waals surface area contributed by atoms with E-state index in [4.69, 9.17) is 9.47 Å². The summed E-state index contributed by atoms with van der Waals surface area (Å²) in [5.74, 6) is 0.885. The van der Waals surface area contributed by atoms with E-state index in [9.17, 15) is 9.90 Å². The van der Waals surface area contributed by atoms with Crippen molar-refractivity contribution in [2.24, 2.45) is 0 Å². The molecule has 5 nitrogen and oxygen atoms in total. The molecule has 140 valence electrons. The molecule has 2 N–H and O–H groups in total. The fourth-order valence-corrected chi connectivity index (χ4v) is 3.65. The van der Waals surface area contributed by atoms with Gasteiger partial charge < -0.3 is 19.9 Å². The summed E-state index contributed by atoms with van der Waals surface area (Å²) in [6, 6.07) is 18.3. The van der Waals surface area contributed by atoms with Gasteiger partial charge in [-0.15, -0.1) is 11.3 Å². The molecule has 0 radical (unpaired) electrons. The molecule has 0 aliphatic heterocycles. The van der Waals surface area contributed by atoms with Gasteiger partial charge in [0, 0.05) is 15.3 Å². The van der Waals surface area contributed by atoms with Crippen LogP contribution in [0.5, 0.6) is 11.5 Å². The molecule has 1 aromatic heterocycles. The first kappa shape index (κ1) is 18.9. The van der Waals surface area contributed by atoms with Gasteiger partial charge in [-0.1, -0.05) is 30.3 Å². The number of amides is 1. The van der Waals surface area contributed by atoms with E-state index < -0.39 is 6.10 Å². The number of aliphatic hydroxyl groups is 1. The van der Waals surface area contributed by atoms with Crippen LogP contribution in [0, 0.1) is 0 Å². The molecule has 6 heteroatoms. The van der Waals surface area contributed by atoms with Gasteiger partial charge in [0.1, 0.15) is 6.10 Å². The van der Waals surface area contributed by atoms with Crippen LogP contribution in [0.25, 0.3) is 0 Å². The van der Waals surface area contributed by atoms with E-state index in [0.717, 1.165) is 15.3 Å². The molecule has 0 bridgehead atoms. The van der Waals surface area contributed by atoms with E-state index in [-0.39, 0.29) is 5.91 Å². The Bertz CT molecular complexity index is 908. The van der Waals surface area contributed by atoms with Gasteiger partial charge in [0.05, 0.1) is 20.8 Å². The van der Waals surface area contributed by atoms with E-state index in [0.29, 0.717) is 23.6 Å². The van der Waals surface area contributed by atoms with Crippen LogP contribution in [0.15, 0.2) is 60.7 Å². The fraction of sp³-hybridized carbons (Fsp3) is 0.190. The van der Waals surface area contributed by atoms with Gasteiger partial charge in [-0.2, -0.15) is 0 Å². The Labute approximate surface area is 162 Å². The quantitative estimate of drug-likeness (QED) is 0.652. The van der Waals surface area contributed by atoms with Gasteiger partial charge in [0.25, 0.3) is 5.91 Å². The molecule has 1 heterocycles. The molecular weight excluding hydrogens is 362 g/mol. The third kappa shape index (κ3) is 4.48. The average molecular weight is 383 g/mol. The monoisotopic (exact) mass is 383 g/mol. The lowest BCUT2D eigenvalue weighted by Gasteiger charge is -2.10. The van der Waals surface area contributed by atoms with E-state index in [2.05, 4.69) is 5.32 Å². The standard InChI is InChI=1S/C21H21NO4S/c1-25-17-10-8-15(12-18(17)26-2)21(24)22-13-16-9-11-19(27-16)20(23)14-6-4-3-5-7-14/h3-12,20,23H,13H2,1-2H3,(H,22,24)/t20-/m1/s1. The van der Waals surface area contributed by atoms with Gasteiger partial charge in [-0.25, -0.2) is 0 Å². The summed E-state index contributed by atoms with van der Waals surface area (Å²) in [6.07, 6.45) is -0.661. The van der Waals surface area contributed by atoms with Crippen molar-refractivity contribution < 1.29 is 19.4 Å². The largest absolute Gasteiger partial charge is 0.493 e. The molecule has 2 aromatic carbocycles. The van der Waals surface area contributed by atoms with Crippen molar-refractivity contribution in [3.63, 3.8) is 0 Å². The molecule has 3 rings (SSSR count). The van der Waals surface area contributed by atoms with Crippen LogP contribution in [0.2, 0.25) is 0 Å². The SMILES string of the molecule is COc1ccc(C(=O)NCc2ccc([C@H](O)c3ccccc3)s2)cc1OC. The minimum atomic E-state index is -0.661. The number of methoxy groups -OCH3 is 2. The minimum Gasteiger partial charge on any atom is -0.493 e. The van der Waals surface area contributed by atoms with E-state index in [1.165, 1.54) is 18.4 Å². The number of benzene rings is 2. The maximum atomic E-state index is 12.4. The molecule has 1 atom stereocenters. The highest BCUT2D eigenvalue weighted by Crippen LogP contribution is 2.29. The molecule has 1 amide bonds. The third-order valence-electron chi connectivity index (χ3n) is 4.14. The Morgan fingerprint density at radius 2 is 1.78 bits per heavy atom. The van der Waals surface area contributed by atoms with Crippen molar-refractivity contribution in [2.75, 3.05) is 14.2 Å². The molecule has 0 fully saturated rings. The molecule has 0 saturated carbocycles. The average Bonchev–Trinajstić information content (AvgIpc) is 3.20. The Kier molecular flexibility index (Phi) is 6.11. The van der Waals surface area contributed by atoms with Crippen LogP contribution < -0.4 is 14.8 Å². The Hall–Kier alpha value is -2.83. The molecule has 0 unspecified atom stereocenters. The molecular formula is C21H21NO4S. The van der Waals surface area contributed by atoms with Crippen LogP contribution in [0.3, 0.4) is 0 Å². The number of aliphatic hydroxyl groups excluding tert-OH is 1. The number of hydrogen-bond donors (Lipinski definition) is 2. The van der Waals surface area contributed by atoms with Gasteiger partial charge in [0.15, 0.2) is 11.5 Å². The van der Waals surface area contributed by atoms with Gasteiger partial charge >= 0.3 is 0 Å². The molecule has 0 saturated heterocycles. The smallest absolute Gasteiger partial charge is 0.251 e. The Morgan fingerprint density at radius 3 is 2.48 bits per heavy atom. The van der Waals surface area contributed by atoms with Crippen LogP contribution >= 0.6 is 11.3 Å². The second-order valence-corrected chi connectivity index (χ2v) is 7.07. The molecule has 0 spiro atoms. The number of rotatable bonds is 7. The maximum absolute atomic E-state index is 12.4. The first-order valence-electron chi connectivity index (χ1n) is 8.44. The molecule has 0 aliphatic rings. The summed E-state index contributed by atoms with van der Waals surface area (Å²) < 4.78 is 10.4. The second-order valence-electron chi connectivity index (χ2n) is 5.87. The third-order valence-corrected chi connectivity index (χ3v) is 5.27. The lowest BCUT2D eigenvalue weighted by atomic mass is 10.1. The maximum Gasteiger partial charge on any atom is 0.251 e. The van der Waals surface area contributed by atoms with Crippen molar-refractivity contribution in [1.29, 1.82) is 0 Å². The lowest BCUT2D eigenvalue weighted by molar-refractivity contribution is 0.0951. The predicted octanol–water partition coefficient (Wildman–Crippen LogP) is 3.78. The predicted molar refractivity (Wildman–Crippen MR) is 106 cm³/mol. The van der Waals surface area contributed by atoms with E-state index in [1.807, 2.05) is 42.5 Å². The normalized spacial score (nSPS) is 11.7. The summed E-state index contributed by atoms with van der Waals surface area (Å²) in [6.45, 7) is 0.388. The highest BCUT2D eigenvalue weighted by molar-refractivity contribution is 7.12. The zero-order chi connectivity index (χ0) is 19.2. The van der Waals surface area contributed by atoms with Crippen molar-refractivity contribution in [3.05, 3.63) is 81.5 Å². The zero-order valence-corrected chi connectivity index (χ0v) is 16.0. The minimum absolute atomic E-state index is 0.200. The second kappa shape index (κ2) is 8.70. The molecule has 27 heavy (non-hydrogen) atoms. The van der Waals surface area contributed by atoms with Crippen LogP contribution in [-0.4, -0.2) is 25.2 Å². The van der Waals surface area contributed by atoms with Crippen molar-refractivity contribution in [1.82, 2.24) is 5.32 Å². The van der Waals surface area contributed by atoms with Crippen LogP contribution in [0.1, 0.15) is 31.8 Å². The summed E-state index contributed by atoms with van der Waals surface area (Å²) in [7, 11) is 3.08. The number of ether oxygens (including phenoxy) is 2. The number of carbonyl (C=O) groups excluding carboxylic acids is 1. The number of nitrogens with one attached hydrogen (secondary N) is 1. The first-order chi connectivity index (χ1) is 13.1. The highest BCUT2D eigenvalue weighted by Gasteiger charge is 2.14. The molecule has 3 aromatic rings. The van der Waals surface area contributed by atoms with Crippen molar-refractivity contribution in [2.45, 2.75) is 12.6 Å². The summed E-state index contributed by atoms with van der Waals surface area (Å²) in [4.78, 5) is 14.2. The topological polar surface area (TPSA) is 67.8 Å². The fourth-order valence-electron chi connectivity index (χ4n) is 2.68. The first-order valence-corrected chi connectivity index (χ1v) is 9.26. The van der Waals surface area contributed by atoms with Gasteiger partial charge in [-0.05, 0) is 35.9 Å². The molecule has 0 aliphatic carbocycles. The van der Waals surface area contributed by atoms with Gasteiger partial charge in [0.2, 0.25) is 0 Å². The Balaban J connectivity index is 1.64. The lowest BCUT2D eigenvalue weighted by Crippen LogP contribution is -2.22.